The molecule has 2 aromatic heterocycles. The Labute approximate surface area is 710 Å². The minimum Gasteiger partial charge on any atom is -0.310 e. The molecule has 5 heteroatoms. The van der Waals surface area contributed by atoms with Gasteiger partial charge in [-0.05, 0) is 270 Å². The van der Waals surface area contributed by atoms with Gasteiger partial charge in [0.25, 0.3) is 6.71 Å². The first-order chi connectivity index (χ1) is 57.3. The molecule has 0 fully saturated rings. The Morgan fingerprint density at radius 1 is 0.246 bits per heavy atom. The van der Waals surface area contributed by atoms with Gasteiger partial charge < -0.3 is 18.9 Å². The van der Waals surface area contributed by atoms with E-state index in [1.165, 1.54) is 43.8 Å². The third kappa shape index (κ3) is 16.1. The second kappa shape index (κ2) is 29.6. The van der Waals surface area contributed by atoms with E-state index in [9.17, 15) is 5.48 Å². The zero-order chi connectivity index (χ0) is 86.7. The summed E-state index contributed by atoms with van der Waals surface area (Å²) in [4.78, 5) is 5.26. The fourth-order valence-electron chi connectivity index (χ4n) is 19.3. The van der Waals surface area contributed by atoms with E-state index in [4.69, 9.17) is 0 Å². The first-order valence-corrected chi connectivity index (χ1v) is 43.1. The molecule has 0 saturated heterocycles. The molecule has 2 aliphatic heterocycles. The number of anilines is 6. The van der Waals surface area contributed by atoms with Crippen LogP contribution < -0.4 is 26.2 Å². The molecule has 0 N–H and O–H groups in total. The molecule has 0 aliphatic carbocycles. The summed E-state index contributed by atoms with van der Waals surface area (Å²) in [5, 5.41) is 4.94. The third-order valence-corrected chi connectivity index (χ3v) is 23.1. The molecule has 13 aromatic carbocycles. The smallest absolute Gasteiger partial charge is 0.252 e. The molecule has 0 atom stereocenters. The van der Waals surface area contributed by atoms with Crippen LogP contribution in [0.4, 0.5) is 34.1 Å². The molecule has 596 valence electrons. The molecule has 2 aliphatic rings. The zero-order valence-electron chi connectivity index (χ0n) is 77.8. The number of hydrogen-bond acceptors (Lipinski definition) is 2. The van der Waals surface area contributed by atoms with Crippen molar-refractivity contribution in [3.05, 3.63) is 306 Å². The first kappa shape index (κ1) is 74.7. The van der Waals surface area contributed by atoms with Crippen LogP contribution in [0.25, 0.3) is 99.5 Å². The fraction of sp³-hybridized carbons (Fsp3) is 0.310. The van der Waals surface area contributed by atoms with Crippen LogP contribution in [0.5, 0.6) is 0 Å². The van der Waals surface area contributed by atoms with Gasteiger partial charge >= 0.3 is 0 Å². The van der Waals surface area contributed by atoms with Crippen molar-refractivity contribution in [2.45, 2.75) is 190 Å². The second-order valence-corrected chi connectivity index (χ2v) is 42.5. The highest BCUT2D eigenvalue weighted by molar-refractivity contribution is 7.00. The Morgan fingerprint density at radius 3 is 0.763 bits per heavy atom. The highest BCUT2D eigenvalue weighted by Gasteiger charge is 2.47. The van der Waals surface area contributed by atoms with E-state index in [-0.39, 0.29) is 33.8 Å². The normalized spacial score (nSPS) is 14.2. The maximum Gasteiger partial charge on any atom is 0.252 e. The Bertz CT molecular complexity index is 5920. The SMILES string of the molecule is [2H]C([2H])(c1cc(-c2ccccc2)c(N2c3cc(-n4c5ccc(CC(C)(C)C)cc5c5cc(CC(C)(C)C)ccc54)ccc3B3c4ccc(-n5c6ccc(CC(C)(C)C)cc6c6cc(CC(C)(C)C)ccc65)cc4N(c4c(-c5ccccc5)cc(C([2H])([2H])C(C)(C)C)cc4-c4ccccc4)c4cc(CC(C)(C)C)cc2c43)c(-c2ccccc2)c1)C(C)(C)C. The monoisotopic (exact) mass is 1550 g/mol. The van der Waals surface area contributed by atoms with Gasteiger partial charge in [0, 0.05) is 83.4 Å². The highest BCUT2D eigenvalue weighted by atomic mass is 15.2. The highest BCUT2D eigenvalue weighted by Crippen LogP contribution is 2.56. The van der Waals surface area contributed by atoms with Gasteiger partial charge in [-0.2, -0.15) is 0 Å². The summed E-state index contributed by atoms with van der Waals surface area (Å²) in [5.74, 6) is 0. The lowest BCUT2D eigenvalue weighted by Crippen LogP contribution is -2.61. The van der Waals surface area contributed by atoms with Crippen LogP contribution in [0, 0.1) is 37.9 Å². The van der Waals surface area contributed by atoms with Gasteiger partial charge in [-0.25, -0.2) is 0 Å². The quantitative estimate of drug-likeness (QED) is 0.0951. The largest absolute Gasteiger partial charge is 0.310 e. The summed E-state index contributed by atoms with van der Waals surface area (Å²) >= 11 is 0. The van der Waals surface area contributed by atoms with Crippen molar-refractivity contribution >= 4 is 101 Å². The Morgan fingerprint density at radius 2 is 0.508 bits per heavy atom. The third-order valence-electron chi connectivity index (χ3n) is 23.1. The van der Waals surface area contributed by atoms with Gasteiger partial charge in [-0.15, -0.1) is 0 Å². The average molecular weight is 1550 g/mol. The number of aromatic nitrogens is 2. The summed E-state index contributed by atoms with van der Waals surface area (Å²) in [7, 11) is 0. The lowest BCUT2D eigenvalue weighted by atomic mass is 9.33. The molecular formula is C113H121BN4. The van der Waals surface area contributed by atoms with Crippen molar-refractivity contribution in [2.75, 3.05) is 9.80 Å². The van der Waals surface area contributed by atoms with Gasteiger partial charge in [0.05, 0.1) is 33.4 Å². The zero-order valence-corrected chi connectivity index (χ0v) is 73.8. The summed E-state index contributed by atoms with van der Waals surface area (Å²) in [6.07, 6.45) is 0.877. The van der Waals surface area contributed by atoms with Gasteiger partial charge in [0.2, 0.25) is 0 Å². The Balaban J connectivity index is 1.07. The van der Waals surface area contributed by atoms with E-state index in [2.05, 4.69) is 390 Å². The number of benzene rings is 13. The lowest BCUT2D eigenvalue weighted by Gasteiger charge is -2.46. The van der Waals surface area contributed by atoms with E-state index < -0.39 is 23.6 Å². The minimum atomic E-state index is -1.79. The van der Waals surface area contributed by atoms with E-state index in [0.717, 1.165) is 160 Å². The minimum absolute atomic E-state index is 0.0653. The number of rotatable bonds is 15. The molecule has 15 aromatic rings. The van der Waals surface area contributed by atoms with Gasteiger partial charge in [0.1, 0.15) is 0 Å². The second-order valence-electron chi connectivity index (χ2n) is 42.5. The molecule has 0 amide bonds. The molecule has 4 heterocycles. The Hall–Kier alpha value is -10.9. The predicted molar refractivity (Wildman–Crippen MR) is 513 cm³/mol. The molecule has 0 spiro atoms. The van der Waals surface area contributed by atoms with Crippen LogP contribution in [0.15, 0.2) is 267 Å². The van der Waals surface area contributed by atoms with E-state index >= 15 is 0 Å². The van der Waals surface area contributed by atoms with Crippen LogP contribution in [-0.2, 0) is 44.8 Å². The van der Waals surface area contributed by atoms with Crippen LogP contribution in [0.2, 0.25) is 0 Å². The first-order valence-electron chi connectivity index (χ1n) is 45.1. The summed E-state index contributed by atoms with van der Waals surface area (Å²) in [5.41, 5.74) is 29.7. The molecular weight excluding hydrogens is 1420 g/mol. The summed E-state index contributed by atoms with van der Waals surface area (Å²) in [6.45, 7) is 46.9. The van der Waals surface area contributed by atoms with Gasteiger partial charge in [-0.3, -0.25) is 0 Å². The summed E-state index contributed by atoms with van der Waals surface area (Å²) < 4.78 is 46.6. The lowest BCUT2D eigenvalue weighted by molar-refractivity contribution is 0.411. The molecule has 118 heavy (non-hydrogen) atoms. The van der Waals surface area contributed by atoms with Crippen molar-refractivity contribution in [1.82, 2.24) is 9.13 Å². The summed E-state index contributed by atoms with van der Waals surface area (Å²) in [6, 6.07) is 101. The molecule has 4 nitrogen and oxygen atoms in total. The van der Waals surface area contributed by atoms with Crippen LogP contribution in [-0.4, -0.2) is 15.8 Å². The molecule has 0 saturated carbocycles. The van der Waals surface area contributed by atoms with Gasteiger partial charge in [-0.1, -0.05) is 303 Å². The van der Waals surface area contributed by atoms with E-state index in [0.29, 0.717) is 17.5 Å². The average Bonchev–Trinajstić information content (AvgIpc) is 1.18. The molecule has 0 bridgehead atoms. The van der Waals surface area contributed by atoms with Crippen molar-refractivity contribution in [1.29, 1.82) is 0 Å². The Kier molecular flexibility index (Phi) is 18.7. The van der Waals surface area contributed by atoms with Gasteiger partial charge in [0.15, 0.2) is 0 Å². The molecule has 0 radical (unpaired) electrons. The maximum absolute atomic E-state index is 10.4. The van der Waals surface area contributed by atoms with Crippen molar-refractivity contribution in [3.63, 3.8) is 0 Å². The van der Waals surface area contributed by atoms with Crippen molar-refractivity contribution in [3.8, 4) is 55.9 Å². The maximum atomic E-state index is 10.4. The van der Waals surface area contributed by atoms with Crippen LogP contribution in [0.1, 0.15) is 190 Å². The number of nitrogens with zero attached hydrogens (tertiary/aromatic N) is 4. The topological polar surface area (TPSA) is 16.3 Å². The predicted octanol–water partition coefficient (Wildman–Crippen LogP) is 29.8. The van der Waals surface area contributed by atoms with Crippen LogP contribution >= 0.6 is 0 Å². The number of hydrogen-bond donors (Lipinski definition) is 0. The van der Waals surface area contributed by atoms with Crippen LogP contribution in [0.3, 0.4) is 0 Å². The molecule has 0 unspecified atom stereocenters. The number of fused-ring (bicyclic) bond motifs is 10. The standard InChI is InChI=1S/C113H121BN4/c1-107(2,3)66-73-42-50-96-90(54-73)91-55-74(67-108(4,5)6)43-51-97(91)115(96)84-46-48-94-100(64-84)117(105-86(80-34-26-22-27-35-80)58-77(70-111(13,14)15)59-87(105)81-36-28-23-29-37-81)102-62-79(72-113(19,20)21)63-103-104(102)114(94)95-49-47-85(116-98-52-44-75(68-109(7,8)9)56-92(98)93-57-76(45-53-99(93)116)69-110(10,11)12)65-101(95)118(103)106-88(82-38-30-24-31-39-82)60-78(71-112(16,17)18)61-89(106)83-40-32-25-33-41-83/h22-65H,66-72H2,1-21H3/i70D2,71D2. The van der Waals surface area contributed by atoms with Crippen molar-refractivity contribution < 1.29 is 5.48 Å². The van der Waals surface area contributed by atoms with Crippen molar-refractivity contribution in [2.24, 2.45) is 37.9 Å². The van der Waals surface area contributed by atoms with E-state index in [1.54, 1.807) is 0 Å². The van der Waals surface area contributed by atoms with E-state index in [1.807, 2.05) is 41.5 Å². The fourth-order valence-corrected chi connectivity index (χ4v) is 19.3. The molecule has 17 rings (SSSR count).